The number of rotatable bonds is 4. The van der Waals surface area contributed by atoms with Crippen LogP contribution in [0.15, 0.2) is 30.4 Å². The van der Waals surface area contributed by atoms with E-state index < -0.39 is 0 Å². The third-order valence-electron chi connectivity index (χ3n) is 4.58. The normalized spacial score (nSPS) is 24.9. The van der Waals surface area contributed by atoms with Crippen LogP contribution in [-0.2, 0) is 0 Å². The van der Waals surface area contributed by atoms with Crippen molar-refractivity contribution in [2.24, 2.45) is 0 Å². The average molecular weight is 331 g/mol. The Balaban J connectivity index is 1.88. The summed E-state index contributed by atoms with van der Waals surface area (Å²) in [4.78, 5) is 14.3. The van der Waals surface area contributed by atoms with Crippen LogP contribution in [0.4, 0.5) is 4.79 Å². The lowest BCUT2D eigenvalue weighted by Crippen LogP contribution is -2.55. The Morgan fingerprint density at radius 3 is 2.83 bits per heavy atom. The van der Waals surface area contributed by atoms with Crippen molar-refractivity contribution in [1.82, 2.24) is 15.5 Å². The number of nitrogens with zero attached hydrogens (tertiary/aromatic N) is 1. The topological polar surface area (TPSA) is 62.8 Å². The molecule has 0 fully saturated rings. The Morgan fingerprint density at radius 2 is 2.08 bits per heavy atom. The SMILES string of the molecule is CCNC(=O)NC1[C@H](c2ccc3c(c2)OCO3)CC=C[C@@H]1N(C)C. The molecule has 0 saturated heterocycles. The molecular weight excluding hydrogens is 306 g/mol. The van der Waals surface area contributed by atoms with Crippen LogP contribution in [0, 0.1) is 0 Å². The van der Waals surface area contributed by atoms with Gasteiger partial charge >= 0.3 is 6.03 Å². The molecule has 0 aromatic heterocycles. The molecule has 1 aliphatic heterocycles. The van der Waals surface area contributed by atoms with Gasteiger partial charge in [0.1, 0.15) is 0 Å². The summed E-state index contributed by atoms with van der Waals surface area (Å²) in [5, 5.41) is 5.98. The smallest absolute Gasteiger partial charge is 0.315 e. The fraction of sp³-hybridized carbons (Fsp3) is 0.500. The summed E-state index contributed by atoms with van der Waals surface area (Å²) >= 11 is 0. The minimum Gasteiger partial charge on any atom is -0.454 e. The van der Waals surface area contributed by atoms with Crippen molar-refractivity contribution in [2.75, 3.05) is 27.4 Å². The molecule has 0 radical (unpaired) electrons. The zero-order valence-electron chi connectivity index (χ0n) is 14.4. The molecule has 0 spiro atoms. The maximum Gasteiger partial charge on any atom is 0.315 e. The van der Waals surface area contributed by atoms with Crippen LogP contribution in [0.3, 0.4) is 0 Å². The second kappa shape index (κ2) is 7.13. The third kappa shape index (κ3) is 3.33. The summed E-state index contributed by atoms with van der Waals surface area (Å²) in [6.45, 7) is 2.79. The molecule has 1 heterocycles. The number of amides is 2. The van der Waals surface area contributed by atoms with Crippen LogP contribution in [-0.4, -0.2) is 50.4 Å². The van der Waals surface area contributed by atoms with Gasteiger partial charge in [-0.15, -0.1) is 0 Å². The first-order valence-electron chi connectivity index (χ1n) is 8.37. The first-order valence-corrected chi connectivity index (χ1v) is 8.37. The van der Waals surface area contributed by atoms with Gasteiger partial charge in [0.05, 0.1) is 6.04 Å². The van der Waals surface area contributed by atoms with Crippen LogP contribution in [0.25, 0.3) is 0 Å². The molecule has 3 rings (SSSR count). The number of benzene rings is 1. The van der Waals surface area contributed by atoms with E-state index in [4.69, 9.17) is 9.47 Å². The van der Waals surface area contributed by atoms with Crippen LogP contribution >= 0.6 is 0 Å². The fourth-order valence-electron chi connectivity index (χ4n) is 3.40. The van der Waals surface area contributed by atoms with Gasteiger partial charge < -0.3 is 25.0 Å². The number of fused-ring (bicyclic) bond motifs is 1. The van der Waals surface area contributed by atoms with Gasteiger partial charge in [0.25, 0.3) is 0 Å². The summed E-state index contributed by atoms with van der Waals surface area (Å²) < 4.78 is 10.9. The Hall–Kier alpha value is -2.21. The van der Waals surface area contributed by atoms with Crippen molar-refractivity contribution in [3.05, 3.63) is 35.9 Å². The van der Waals surface area contributed by atoms with E-state index in [0.717, 1.165) is 23.5 Å². The number of allylic oxidation sites excluding steroid dienone is 1. The van der Waals surface area contributed by atoms with Crippen LogP contribution in [0.2, 0.25) is 0 Å². The van der Waals surface area contributed by atoms with Gasteiger partial charge in [0, 0.05) is 18.5 Å². The summed E-state index contributed by atoms with van der Waals surface area (Å²) in [6.07, 6.45) is 5.23. The summed E-state index contributed by atoms with van der Waals surface area (Å²) in [6, 6.07) is 6.04. The van der Waals surface area contributed by atoms with E-state index in [1.165, 1.54) is 0 Å². The molecule has 0 saturated carbocycles. The molecule has 6 nitrogen and oxygen atoms in total. The number of carbonyl (C=O) groups is 1. The largest absolute Gasteiger partial charge is 0.454 e. The van der Waals surface area contributed by atoms with Crippen LogP contribution in [0.5, 0.6) is 11.5 Å². The van der Waals surface area contributed by atoms with E-state index in [9.17, 15) is 4.79 Å². The highest BCUT2D eigenvalue weighted by Gasteiger charge is 2.34. The molecule has 1 unspecified atom stereocenters. The number of ether oxygens (including phenoxy) is 2. The maximum atomic E-state index is 12.1. The van der Waals surface area contributed by atoms with Crippen molar-refractivity contribution in [3.63, 3.8) is 0 Å². The predicted octanol–water partition coefficient (Wildman–Crippen LogP) is 2.08. The molecule has 0 bridgehead atoms. The highest BCUT2D eigenvalue weighted by molar-refractivity contribution is 5.74. The molecule has 2 aliphatic rings. The van der Waals surface area contributed by atoms with E-state index in [1.807, 2.05) is 33.2 Å². The lowest BCUT2D eigenvalue weighted by molar-refractivity contribution is 0.174. The molecule has 130 valence electrons. The first kappa shape index (κ1) is 16.6. The number of carbonyl (C=O) groups excluding carboxylic acids is 1. The van der Waals surface area contributed by atoms with Crippen molar-refractivity contribution >= 4 is 6.03 Å². The van der Waals surface area contributed by atoms with Gasteiger partial charge in [-0.25, -0.2) is 4.79 Å². The molecule has 24 heavy (non-hydrogen) atoms. The molecular formula is C18H25N3O3. The summed E-state index contributed by atoms with van der Waals surface area (Å²) in [7, 11) is 4.06. The number of urea groups is 1. The summed E-state index contributed by atoms with van der Waals surface area (Å²) in [5.74, 6) is 1.74. The minimum atomic E-state index is -0.129. The van der Waals surface area contributed by atoms with Crippen LogP contribution in [0.1, 0.15) is 24.8 Å². The molecule has 6 heteroatoms. The van der Waals surface area contributed by atoms with E-state index in [2.05, 4.69) is 33.8 Å². The quantitative estimate of drug-likeness (QED) is 0.829. The molecule has 1 aromatic rings. The standard InChI is InChI=1S/C18H25N3O3/c1-4-19-18(22)20-17-13(6-5-7-14(17)21(2)3)12-8-9-15-16(10-12)24-11-23-15/h5,7-10,13-14,17H,4,6,11H2,1-3H3,(H2,19,20,22)/t13-,14-,17?/m0/s1. The van der Waals surface area contributed by atoms with Crippen molar-refractivity contribution in [2.45, 2.75) is 31.3 Å². The minimum absolute atomic E-state index is 0.0167. The van der Waals surface area contributed by atoms with Crippen molar-refractivity contribution in [1.29, 1.82) is 0 Å². The highest BCUT2D eigenvalue weighted by atomic mass is 16.7. The van der Waals surface area contributed by atoms with Crippen molar-refractivity contribution in [3.8, 4) is 11.5 Å². The molecule has 1 aromatic carbocycles. The number of likely N-dealkylation sites (N-methyl/N-ethyl adjacent to an activating group) is 1. The first-order chi connectivity index (χ1) is 11.6. The van der Waals surface area contributed by atoms with Gasteiger partial charge in [0.15, 0.2) is 11.5 Å². The molecule has 1 aliphatic carbocycles. The maximum absolute atomic E-state index is 12.1. The van der Waals surface area contributed by atoms with E-state index >= 15 is 0 Å². The molecule has 3 atom stereocenters. The van der Waals surface area contributed by atoms with E-state index in [0.29, 0.717) is 6.54 Å². The zero-order valence-corrected chi connectivity index (χ0v) is 14.4. The third-order valence-corrected chi connectivity index (χ3v) is 4.58. The highest BCUT2D eigenvalue weighted by Crippen LogP contribution is 2.38. The average Bonchev–Trinajstić information content (AvgIpc) is 3.02. The number of hydrogen-bond donors (Lipinski definition) is 2. The lowest BCUT2D eigenvalue weighted by atomic mass is 9.80. The second-order valence-electron chi connectivity index (χ2n) is 6.37. The Labute approximate surface area is 142 Å². The predicted molar refractivity (Wildman–Crippen MR) is 92.5 cm³/mol. The van der Waals surface area contributed by atoms with Gasteiger partial charge in [-0.3, -0.25) is 0 Å². The van der Waals surface area contributed by atoms with E-state index in [-0.39, 0.29) is 30.8 Å². The van der Waals surface area contributed by atoms with Gasteiger partial charge in [-0.1, -0.05) is 18.2 Å². The lowest BCUT2D eigenvalue weighted by Gasteiger charge is -2.39. The van der Waals surface area contributed by atoms with Gasteiger partial charge in [0.2, 0.25) is 6.79 Å². The van der Waals surface area contributed by atoms with Crippen molar-refractivity contribution < 1.29 is 14.3 Å². The second-order valence-corrected chi connectivity index (χ2v) is 6.37. The zero-order chi connectivity index (χ0) is 17.1. The van der Waals surface area contributed by atoms with E-state index in [1.54, 1.807) is 0 Å². The monoisotopic (exact) mass is 331 g/mol. The van der Waals surface area contributed by atoms with Crippen LogP contribution < -0.4 is 20.1 Å². The Bertz CT molecular complexity index is 630. The summed E-state index contributed by atoms with van der Waals surface area (Å²) in [5.41, 5.74) is 1.15. The molecule has 2 N–H and O–H groups in total. The van der Waals surface area contributed by atoms with Gasteiger partial charge in [-0.2, -0.15) is 0 Å². The number of nitrogens with one attached hydrogen (secondary N) is 2. The number of hydrogen-bond acceptors (Lipinski definition) is 4. The molecule has 2 amide bonds. The van der Waals surface area contributed by atoms with Gasteiger partial charge in [-0.05, 0) is 45.1 Å². The Kier molecular flexibility index (Phi) is 4.94. The Morgan fingerprint density at radius 1 is 1.29 bits per heavy atom. The fourth-order valence-corrected chi connectivity index (χ4v) is 3.40.